The third-order valence-corrected chi connectivity index (χ3v) is 3.12. The summed E-state index contributed by atoms with van der Waals surface area (Å²) < 4.78 is 4.82. The van der Waals surface area contributed by atoms with Gasteiger partial charge in [0.1, 0.15) is 0 Å². The molecule has 4 heteroatoms. The van der Waals surface area contributed by atoms with E-state index in [1.165, 1.54) is 38.5 Å². The van der Waals surface area contributed by atoms with Crippen LogP contribution in [-0.2, 0) is 9.53 Å². The molecule has 0 aromatic carbocycles. The number of ether oxygens (including phenoxy) is 1. The average Bonchev–Trinajstić information content (AvgIpc) is 2.39. The first-order valence-electron chi connectivity index (χ1n) is 7.53. The highest BCUT2D eigenvalue weighted by atomic mass is 16.5. The van der Waals surface area contributed by atoms with Crippen LogP contribution in [0.2, 0.25) is 0 Å². The van der Waals surface area contributed by atoms with Crippen LogP contribution in [0.1, 0.15) is 65.2 Å². The number of hydrogen-bond donors (Lipinski definition) is 2. The van der Waals surface area contributed by atoms with E-state index in [0.717, 1.165) is 18.8 Å². The monoisotopic (exact) mass is 274 g/mol. The van der Waals surface area contributed by atoms with Gasteiger partial charge in [-0.05, 0) is 12.3 Å². The molecule has 2 N–H and O–H groups in total. The highest BCUT2D eigenvalue weighted by molar-refractivity contribution is 5.74. The van der Waals surface area contributed by atoms with Crippen molar-refractivity contribution >= 4 is 5.97 Å². The van der Waals surface area contributed by atoms with Crippen LogP contribution in [0.3, 0.4) is 0 Å². The number of aliphatic hydroxyl groups excluding tert-OH is 2. The van der Waals surface area contributed by atoms with Crippen molar-refractivity contribution in [2.75, 3.05) is 13.2 Å². The van der Waals surface area contributed by atoms with E-state index in [0.29, 0.717) is 6.61 Å². The van der Waals surface area contributed by atoms with Crippen LogP contribution in [-0.4, -0.2) is 35.5 Å². The summed E-state index contributed by atoms with van der Waals surface area (Å²) in [7, 11) is 0. The molecule has 0 aromatic heterocycles. The molecule has 0 aliphatic heterocycles. The number of carbonyl (C=O) groups is 1. The van der Waals surface area contributed by atoms with Crippen LogP contribution in [0.4, 0.5) is 0 Å². The van der Waals surface area contributed by atoms with E-state index in [1.54, 1.807) is 0 Å². The maximum atomic E-state index is 11.0. The standard InChI is InChI=1S/C15H30O4/c1-13(2)10-8-6-4-3-5-7-9-11-19-15(18)14(17)12-16/h13-14,16-17H,3-12H2,1-2H3. The minimum atomic E-state index is -1.39. The Balaban J connectivity index is 3.17. The van der Waals surface area contributed by atoms with Gasteiger partial charge < -0.3 is 14.9 Å². The molecule has 0 amide bonds. The van der Waals surface area contributed by atoms with E-state index in [4.69, 9.17) is 14.9 Å². The zero-order valence-electron chi connectivity index (χ0n) is 12.4. The third-order valence-electron chi connectivity index (χ3n) is 3.12. The van der Waals surface area contributed by atoms with Gasteiger partial charge in [0.25, 0.3) is 0 Å². The van der Waals surface area contributed by atoms with Gasteiger partial charge in [-0.1, -0.05) is 58.8 Å². The van der Waals surface area contributed by atoms with E-state index in [1.807, 2.05) is 0 Å². The quantitative estimate of drug-likeness (QED) is 0.424. The van der Waals surface area contributed by atoms with Crippen molar-refractivity contribution in [3.63, 3.8) is 0 Å². The van der Waals surface area contributed by atoms with Gasteiger partial charge in [-0.2, -0.15) is 0 Å². The van der Waals surface area contributed by atoms with Crippen LogP contribution < -0.4 is 0 Å². The highest BCUT2D eigenvalue weighted by Gasteiger charge is 2.14. The van der Waals surface area contributed by atoms with E-state index in [2.05, 4.69) is 13.8 Å². The minimum Gasteiger partial charge on any atom is -0.464 e. The van der Waals surface area contributed by atoms with E-state index >= 15 is 0 Å². The lowest BCUT2D eigenvalue weighted by molar-refractivity contribution is -0.155. The Kier molecular flexibility index (Phi) is 12.0. The van der Waals surface area contributed by atoms with Crippen molar-refractivity contribution in [1.82, 2.24) is 0 Å². The lowest BCUT2D eigenvalue weighted by Gasteiger charge is -2.08. The molecular formula is C15H30O4. The molecule has 0 aromatic rings. The van der Waals surface area contributed by atoms with Gasteiger partial charge >= 0.3 is 5.97 Å². The summed E-state index contributed by atoms with van der Waals surface area (Å²) >= 11 is 0. The zero-order chi connectivity index (χ0) is 14.5. The smallest absolute Gasteiger partial charge is 0.337 e. The second kappa shape index (κ2) is 12.4. The van der Waals surface area contributed by atoms with Crippen molar-refractivity contribution in [3.8, 4) is 0 Å². The molecule has 0 spiro atoms. The Morgan fingerprint density at radius 3 is 2.05 bits per heavy atom. The first-order valence-corrected chi connectivity index (χ1v) is 7.53. The fourth-order valence-electron chi connectivity index (χ4n) is 1.88. The normalized spacial score (nSPS) is 12.7. The number of aliphatic hydroxyl groups is 2. The zero-order valence-corrected chi connectivity index (χ0v) is 12.4. The Labute approximate surface area is 117 Å². The fraction of sp³-hybridized carbons (Fsp3) is 0.933. The molecule has 4 nitrogen and oxygen atoms in total. The van der Waals surface area contributed by atoms with Crippen LogP contribution in [0.5, 0.6) is 0 Å². The Morgan fingerprint density at radius 1 is 1.00 bits per heavy atom. The molecule has 0 bridgehead atoms. The van der Waals surface area contributed by atoms with Gasteiger partial charge in [0, 0.05) is 0 Å². The summed E-state index contributed by atoms with van der Waals surface area (Å²) in [6.07, 6.45) is 8.15. The second-order valence-electron chi connectivity index (χ2n) is 5.52. The second-order valence-corrected chi connectivity index (χ2v) is 5.52. The number of unbranched alkanes of at least 4 members (excludes halogenated alkanes) is 6. The number of carbonyl (C=O) groups excluding carboxylic acids is 1. The lowest BCUT2D eigenvalue weighted by atomic mass is 10.0. The molecule has 0 fully saturated rings. The van der Waals surface area contributed by atoms with Gasteiger partial charge in [0.15, 0.2) is 6.10 Å². The van der Waals surface area contributed by atoms with Crippen molar-refractivity contribution in [1.29, 1.82) is 0 Å². The first-order chi connectivity index (χ1) is 9.07. The maximum Gasteiger partial charge on any atom is 0.337 e. The predicted molar refractivity (Wildman–Crippen MR) is 75.8 cm³/mol. The molecule has 19 heavy (non-hydrogen) atoms. The van der Waals surface area contributed by atoms with Crippen molar-refractivity contribution < 1.29 is 19.7 Å². The molecule has 0 aliphatic carbocycles. The Bertz CT molecular complexity index is 216. The molecule has 0 radical (unpaired) electrons. The molecule has 0 rings (SSSR count). The molecule has 0 aliphatic rings. The molecular weight excluding hydrogens is 244 g/mol. The summed E-state index contributed by atoms with van der Waals surface area (Å²) in [5.74, 6) is 0.0835. The summed E-state index contributed by atoms with van der Waals surface area (Å²) in [6, 6.07) is 0. The average molecular weight is 274 g/mol. The van der Waals surface area contributed by atoms with Crippen LogP contribution >= 0.6 is 0 Å². The third kappa shape index (κ3) is 12.2. The summed E-state index contributed by atoms with van der Waals surface area (Å²) in [5.41, 5.74) is 0. The van der Waals surface area contributed by atoms with Crippen molar-refractivity contribution in [2.24, 2.45) is 5.92 Å². The largest absolute Gasteiger partial charge is 0.464 e. The Hall–Kier alpha value is -0.610. The topological polar surface area (TPSA) is 66.8 Å². The van der Waals surface area contributed by atoms with Crippen molar-refractivity contribution in [2.45, 2.75) is 71.3 Å². The molecule has 114 valence electrons. The van der Waals surface area contributed by atoms with E-state index in [-0.39, 0.29) is 0 Å². The number of rotatable bonds is 12. The minimum absolute atomic E-state index is 0.337. The SMILES string of the molecule is CC(C)CCCCCCCCCOC(=O)C(O)CO. The van der Waals surface area contributed by atoms with Gasteiger partial charge in [0.05, 0.1) is 13.2 Å². The summed E-state index contributed by atoms with van der Waals surface area (Å²) in [5, 5.41) is 17.5. The van der Waals surface area contributed by atoms with E-state index < -0.39 is 18.7 Å². The molecule has 1 unspecified atom stereocenters. The van der Waals surface area contributed by atoms with Crippen LogP contribution in [0, 0.1) is 5.92 Å². The van der Waals surface area contributed by atoms with Crippen LogP contribution in [0.25, 0.3) is 0 Å². The van der Waals surface area contributed by atoms with Gasteiger partial charge in [-0.25, -0.2) is 4.79 Å². The van der Waals surface area contributed by atoms with E-state index in [9.17, 15) is 4.79 Å². The van der Waals surface area contributed by atoms with Crippen molar-refractivity contribution in [3.05, 3.63) is 0 Å². The van der Waals surface area contributed by atoms with Gasteiger partial charge in [-0.3, -0.25) is 0 Å². The highest BCUT2D eigenvalue weighted by Crippen LogP contribution is 2.11. The summed E-state index contributed by atoms with van der Waals surface area (Å²) in [6.45, 7) is 4.28. The predicted octanol–water partition coefficient (Wildman–Crippen LogP) is 2.66. The number of hydrogen-bond acceptors (Lipinski definition) is 4. The lowest BCUT2D eigenvalue weighted by Crippen LogP contribution is -2.26. The van der Waals surface area contributed by atoms with Gasteiger partial charge in [-0.15, -0.1) is 0 Å². The maximum absolute atomic E-state index is 11.0. The molecule has 0 saturated heterocycles. The first kappa shape index (κ1) is 18.4. The van der Waals surface area contributed by atoms with Gasteiger partial charge in [0.2, 0.25) is 0 Å². The number of esters is 1. The molecule has 0 saturated carbocycles. The van der Waals surface area contributed by atoms with Crippen LogP contribution in [0.15, 0.2) is 0 Å². The molecule has 0 heterocycles. The molecule has 1 atom stereocenters. The fourth-order valence-corrected chi connectivity index (χ4v) is 1.88. The summed E-state index contributed by atoms with van der Waals surface area (Å²) in [4.78, 5) is 11.0. The Morgan fingerprint density at radius 2 is 1.53 bits per heavy atom.